The number of carbonyl (C=O) groups is 1. The Morgan fingerprint density at radius 2 is 2.33 bits per heavy atom. The van der Waals surface area contributed by atoms with Gasteiger partial charge >= 0.3 is 6.09 Å². The number of aliphatic hydroxyl groups excluding tert-OH is 1. The van der Waals surface area contributed by atoms with Gasteiger partial charge in [0, 0.05) is 6.54 Å². The summed E-state index contributed by atoms with van der Waals surface area (Å²) in [5.74, 6) is 0. The molecule has 0 bridgehead atoms. The van der Waals surface area contributed by atoms with Crippen LogP contribution < -0.4 is 0 Å². The first-order valence-electron chi connectivity index (χ1n) is 2.89. The van der Waals surface area contributed by atoms with Crippen LogP contribution >= 0.6 is 0 Å². The summed E-state index contributed by atoms with van der Waals surface area (Å²) >= 11 is 0. The van der Waals surface area contributed by atoms with E-state index in [1.807, 2.05) is 0 Å². The van der Waals surface area contributed by atoms with Gasteiger partial charge in [-0.3, -0.25) is 4.90 Å². The molecule has 1 aliphatic heterocycles. The molecule has 1 atom stereocenters. The number of amides is 1. The Kier molecular flexibility index (Phi) is 1.57. The minimum Gasteiger partial charge on any atom is -0.465 e. The van der Waals surface area contributed by atoms with Gasteiger partial charge in [0.2, 0.25) is 0 Å². The van der Waals surface area contributed by atoms with Crippen LogP contribution in [0.5, 0.6) is 0 Å². The topological polar surface area (TPSA) is 60.8 Å². The zero-order valence-corrected chi connectivity index (χ0v) is 4.95. The third-order valence-corrected chi connectivity index (χ3v) is 1.47. The molecular weight excluding hydrogens is 122 g/mol. The predicted octanol–water partition coefficient (Wildman–Crippen LogP) is 0.0786. The van der Waals surface area contributed by atoms with Gasteiger partial charge in [0.05, 0.1) is 0 Å². The second-order valence-electron chi connectivity index (χ2n) is 2.10. The molecule has 0 saturated carbocycles. The standard InChI is InChI=1S/C5H9NO3/c7-4-2-1-3-6(4)5(8)9/h4,7H,1-3H2,(H,8,9)/t4-/m0/s1. The van der Waals surface area contributed by atoms with Crippen molar-refractivity contribution in [3.63, 3.8) is 0 Å². The van der Waals surface area contributed by atoms with E-state index in [0.29, 0.717) is 13.0 Å². The summed E-state index contributed by atoms with van der Waals surface area (Å²) in [7, 11) is 0. The average molecular weight is 131 g/mol. The van der Waals surface area contributed by atoms with Gasteiger partial charge < -0.3 is 10.2 Å². The lowest BCUT2D eigenvalue weighted by atomic mass is 10.4. The van der Waals surface area contributed by atoms with Gasteiger partial charge in [0.25, 0.3) is 0 Å². The minimum absolute atomic E-state index is 0.469. The number of rotatable bonds is 0. The highest BCUT2D eigenvalue weighted by Crippen LogP contribution is 2.13. The first kappa shape index (κ1) is 6.35. The predicted molar refractivity (Wildman–Crippen MR) is 30.0 cm³/mol. The zero-order valence-electron chi connectivity index (χ0n) is 4.95. The lowest BCUT2D eigenvalue weighted by Crippen LogP contribution is -2.33. The molecule has 1 rings (SSSR count). The summed E-state index contributed by atoms with van der Waals surface area (Å²) in [6, 6.07) is 0. The zero-order chi connectivity index (χ0) is 6.85. The van der Waals surface area contributed by atoms with Crippen LogP contribution in [0.1, 0.15) is 12.8 Å². The van der Waals surface area contributed by atoms with Crippen LogP contribution in [0, 0.1) is 0 Å². The molecule has 0 aromatic heterocycles. The molecule has 2 N–H and O–H groups in total. The van der Waals surface area contributed by atoms with Gasteiger partial charge in [-0.25, -0.2) is 4.79 Å². The fourth-order valence-electron chi connectivity index (χ4n) is 0.972. The van der Waals surface area contributed by atoms with E-state index in [-0.39, 0.29) is 0 Å². The molecule has 0 spiro atoms. The summed E-state index contributed by atoms with van der Waals surface area (Å²) < 4.78 is 0. The highest BCUT2D eigenvalue weighted by molar-refractivity contribution is 5.65. The summed E-state index contributed by atoms with van der Waals surface area (Å²) in [4.78, 5) is 11.2. The second-order valence-corrected chi connectivity index (χ2v) is 2.10. The van der Waals surface area contributed by atoms with Gasteiger partial charge in [-0.05, 0) is 12.8 Å². The van der Waals surface area contributed by atoms with Gasteiger partial charge in [-0.15, -0.1) is 0 Å². The number of aliphatic hydroxyl groups is 1. The van der Waals surface area contributed by atoms with Crippen molar-refractivity contribution in [3.05, 3.63) is 0 Å². The summed E-state index contributed by atoms with van der Waals surface area (Å²) in [6.45, 7) is 0.469. The lowest BCUT2D eigenvalue weighted by Gasteiger charge is -2.14. The number of nitrogens with zero attached hydrogens (tertiary/aromatic N) is 1. The van der Waals surface area contributed by atoms with Crippen LogP contribution in [0.25, 0.3) is 0 Å². The molecule has 1 fully saturated rings. The van der Waals surface area contributed by atoms with Crippen molar-refractivity contribution in [2.24, 2.45) is 0 Å². The molecule has 1 amide bonds. The molecule has 1 aliphatic rings. The molecule has 0 radical (unpaired) electrons. The van der Waals surface area contributed by atoms with Crippen molar-refractivity contribution < 1.29 is 15.0 Å². The quantitative estimate of drug-likeness (QED) is 0.489. The van der Waals surface area contributed by atoms with Crippen LogP contribution in [0.2, 0.25) is 0 Å². The summed E-state index contributed by atoms with van der Waals surface area (Å²) in [5.41, 5.74) is 0. The molecule has 4 nitrogen and oxygen atoms in total. The maximum Gasteiger partial charge on any atom is 0.409 e. The van der Waals surface area contributed by atoms with Crippen molar-refractivity contribution in [2.75, 3.05) is 6.54 Å². The second kappa shape index (κ2) is 2.23. The lowest BCUT2D eigenvalue weighted by molar-refractivity contribution is 0.0408. The molecule has 0 aromatic rings. The third-order valence-electron chi connectivity index (χ3n) is 1.47. The molecule has 9 heavy (non-hydrogen) atoms. The number of carboxylic acid groups (broad SMARTS) is 1. The number of hydrogen-bond acceptors (Lipinski definition) is 2. The first-order chi connectivity index (χ1) is 4.22. The van der Waals surface area contributed by atoms with E-state index in [9.17, 15) is 4.79 Å². The first-order valence-corrected chi connectivity index (χ1v) is 2.89. The summed E-state index contributed by atoms with van der Waals surface area (Å²) in [5, 5.41) is 17.3. The Labute approximate surface area is 52.7 Å². The number of likely N-dealkylation sites (tertiary alicyclic amines) is 1. The van der Waals surface area contributed by atoms with Crippen LogP contribution in [-0.4, -0.2) is 34.0 Å². The molecule has 0 unspecified atom stereocenters. The highest BCUT2D eigenvalue weighted by atomic mass is 16.4. The van der Waals surface area contributed by atoms with Gasteiger partial charge in [0.15, 0.2) is 0 Å². The minimum atomic E-state index is -1.03. The van der Waals surface area contributed by atoms with Gasteiger partial charge in [0.1, 0.15) is 6.23 Å². The van der Waals surface area contributed by atoms with Crippen molar-refractivity contribution in [2.45, 2.75) is 19.1 Å². The van der Waals surface area contributed by atoms with Gasteiger partial charge in [-0.1, -0.05) is 0 Å². The maximum absolute atomic E-state index is 10.2. The fourth-order valence-corrected chi connectivity index (χ4v) is 0.972. The number of hydrogen-bond donors (Lipinski definition) is 2. The maximum atomic E-state index is 10.2. The van der Waals surface area contributed by atoms with E-state index in [0.717, 1.165) is 11.3 Å². The highest BCUT2D eigenvalue weighted by Gasteiger charge is 2.25. The van der Waals surface area contributed by atoms with E-state index in [1.165, 1.54) is 0 Å². The summed E-state index contributed by atoms with van der Waals surface area (Å²) in [6.07, 6.45) is -0.442. The Morgan fingerprint density at radius 3 is 2.56 bits per heavy atom. The van der Waals surface area contributed by atoms with Crippen molar-refractivity contribution >= 4 is 6.09 Å². The Hall–Kier alpha value is -0.770. The fraction of sp³-hybridized carbons (Fsp3) is 0.800. The van der Waals surface area contributed by atoms with E-state index in [1.54, 1.807) is 0 Å². The Bertz CT molecular complexity index is 125. The van der Waals surface area contributed by atoms with E-state index >= 15 is 0 Å². The normalized spacial score (nSPS) is 26.8. The van der Waals surface area contributed by atoms with Crippen LogP contribution in [0.4, 0.5) is 4.79 Å². The monoisotopic (exact) mass is 131 g/mol. The molecule has 1 saturated heterocycles. The smallest absolute Gasteiger partial charge is 0.409 e. The SMILES string of the molecule is O=C(O)N1CCC[C@@H]1O. The van der Waals surface area contributed by atoms with Gasteiger partial charge in [-0.2, -0.15) is 0 Å². The third kappa shape index (κ3) is 1.13. The van der Waals surface area contributed by atoms with Crippen LogP contribution in [-0.2, 0) is 0 Å². The van der Waals surface area contributed by atoms with Crippen LogP contribution in [0.15, 0.2) is 0 Å². The Morgan fingerprint density at radius 1 is 1.67 bits per heavy atom. The van der Waals surface area contributed by atoms with E-state index in [2.05, 4.69) is 0 Å². The van der Waals surface area contributed by atoms with Crippen molar-refractivity contribution in [1.29, 1.82) is 0 Å². The van der Waals surface area contributed by atoms with Crippen molar-refractivity contribution in [1.82, 2.24) is 4.90 Å². The Balaban J connectivity index is 2.49. The molecule has 52 valence electrons. The molecule has 0 aliphatic carbocycles. The molecule has 1 heterocycles. The molecule has 0 aromatic carbocycles. The molecule has 4 heteroatoms. The average Bonchev–Trinajstić information content (AvgIpc) is 2.13. The van der Waals surface area contributed by atoms with Crippen molar-refractivity contribution in [3.8, 4) is 0 Å². The van der Waals surface area contributed by atoms with E-state index < -0.39 is 12.3 Å². The largest absolute Gasteiger partial charge is 0.465 e. The van der Waals surface area contributed by atoms with Crippen LogP contribution in [0.3, 0.4) is 0 Å². The molecular formula is C5H9NO3. The van der Waals surface area contributed by atoms with E-state index in [4.69, 9.17) is 10.2 Å².